The van der Waals surface area contributed by atoms with Gasteiger partial charge < -0.3 is 9.84 Å². The zero-order chi connectivity index (χ0) is 18.4. The van der Waals surface area contributed by atoms with Gasteiger partial charge in [-0.05, 0) is 60.2 Å². The summed E-state index contributed by atoms with van der Waals surface area (Å²) in [5.41, 5.74) is 1.57. The van der Waals surface area contributed by atoms with Crippen LogP contribution in [-0.4, -0.2) is 15.9 Å². The van der Waals surface area contributed by atoms with Crippen LogP contribution in [0.25, 0.3) is 6.08 Å². The van der Waals surface area contributed by atoms with E-state index in [1.165, 1.54) is 30.3 Å². The zero-order valence-electron chi connectivity index (χ0n) is 13.8. The maximum Gasteiger partial charge on any atom is 0.189 e. The summed E-state index contributed by atoms with van der Waals surface area (Å²) in [6.07, 6.45) is 4.56. The van der Waals surface area contributed by atoms with Crippen LogP contribution in [0, 0.1) is 5.82 Å². The van der Waals surface area contributed by atoms with Crippen LogP contribution in [-0.2, 0) is 6.61 Å². The van der Waals surface area contributed by atoms with Crippen LogP contribution < -0.4 is 4.74 Å². The van der Waals surface area contributed by atoms with E-state index in [1.54, 1.807) is 42.6 Å². The van der Waals surface area contributed by atoms with E-state index in [-0.39, 0.29) is 29.5 Å². The molecular weight excluding hydrogens is 333 g/mol. The molecule has 5 heteroatoms. The number of hydrogen-bond donors (Lipinski definition) is 1. The van der Waals surface area contributed by atoms with E-state index in [9.17, 15) is 14.3 Å². The van der Waals surface area contributed by atoms with Gasteiger partial charge in [0.1, 0.15) is 23.9 Å². The van der Waals surface area contributed by atoms with Crippen molar-refractivity contribution in [2.24, 2.45) is 0 Å². The fourth-order valence-electron chi connectivity index (χ4n) is 2.27. The van der Waals surface area contributed by atoms with Crippen molar-refractivity contribution in [2.45, 2.75) is 6.61 Å². The van der Waals surface area contributed by atoms with Crippen molar-refractivity contribution in [3.05, 3.63) is 95.6 Å². The number of halogens is 1. The summed E-state index contributed by atoms with van der Waals surface area (Å²) in [5.74, 6) is -0.372. The number of carbonyl (C=O) groups is 1. The number of rotatable bonds is 6. The number of aromatic nitrogens is 1. The van der Waals surface area contributed by atoms with Crippen molar-refractivity contribution in [1.29, 1.82) is 0 Å². The Morgan fingerprint density at radius 1 is 1.12 bits per heavy atom. The minimum atomic E-state index is -0.361. The number of allylic oxidation sites excluding steroid dienone is 1. The molecule has 1 heterocycles. The zero-order valence-corrected chi connectivity index (χ0v) is 13.8. The Bertz CT molecular complexity index is 922. The molecule has 4 nitrogen and oxygen atoms in total. The van der Waals surface area contributed by atoms with Crippen molar-refractivity contribution in [2.75, 3.05) is 0 Å². The van der Waals surface area contributed by atoms with Gasteiger partial charge in [0, 0.05) is 6.20 Å². The number of benzene rings is 2. The second kappa shape index (κ2) is 8.07. The van der Waals surface area contributed by atoms with E-state index in [4.69, 9.17) is 4.74 Å². The molecule has 2 aromatic carbocycles. The second-order valence-corrected chi connectivity index (χ2v) is 5.55. The lowest BCUT2D eigenvalue weighted by Gasteiger charge is -2.08. The Hall–Kier alpha value is -3.47. The molecule has 0 amide bonds. The van der Waals surface area contributed by atoms with E-state index in [1.807, 2.05) is 6.07 Å². The molecule has 0 fully saturated rings. The molecule has 0 saturated heterocycles. The highest BCUT2D eigenvalue weighted by Crippen LogP contribution is 2.24. The molecule has 1 N–H and O–H groups in total. The fraction of sp³-hybridized carbons (Fsp3) is 0.0476. The number of ketones is 1. The van der Waals surface area contributed by atoms with Crippen molar-refractivity contribution in [1.82, 2.24) is 4.98 Å². The number of phenols is 1. The molecule has 0 bridgehead atoms. The SMILES string of the molecule is O=C(/C=C/c1ccccn1)c1cc(OCc2ccc(F)cc2)ccc1O. The number of hydrogen-bond acceptors (Lipinski definition) is 4. The van der Waals surface area contributed by atoms with Gasteiger partial charge in [-0.3, -0.25) is 9.78 Å². The first-order chi connectivity index (χ1) is 12.6. The summed E-state index contributed by atoms with van der Waals surface area (Å²) >= 11 is 0. The maximum atomic E-state index is 12.9. The third-order valence-electron chi connectivity index (χ3n) is 3.65. The summed E-state index contributed by atoms with van der Waals surface area (Å²) in [4.78, 5) is 16.4. The summed E-state index contributed by atoms with van der Waals surface area (Å²) < 4.78 is 18.5. The standard InChI is InChI=1S/C21H16FNO3/c22-16-6-4-15(5-7-16)14-26-18-9-11-21(25)19(13-18)20(24)10-8-17-3-1-2-12-23-17/h1-13,25H,14H2/b10-8+. The third-order valence-corrected chi connectivity index (χ3v) is 3.65. The van der Waals surface area contributed by atoms with Gasteiger partial charge in [-0.2, -0.15) is 0 Å². The highest BCUT2D eigenvalue weighted by molar-refractivity contribution is 6.08. The minimum Gasteiger partial charge on any atom is -0.507 e. The van der Waals surface area contributed by atoms with E-state index in [0.29, 0.717) is 11.4 Å². The highest BCUT2D eigenvalue weighted by Gasteiger charge is 2.10. The van der Waals surface area contributed by atoms with Gasteiger partial charge >= 0.3 is 0 Å². The van der Waals surface area contributed by atoms with Crippen LogP contribution in [0.5, 0.6) is 11.5 Å². The van der Waals surface area contributed by atoms with Gasteiger partial charge in [0.2, 0.25) is 0 Å². The molecule has 0 aliphatic carbocycles. The minimum absolute atomic E-state index is 0.130. The van der Waals surface area contributed by atoms with Crippen LogP contribution in [0.15, 0.2) is 72.9 Å². The maximum absolute atomic E-state index is 12.9. The number of phenolic OH excluding ortho intramolecular Hbond substituents is 1. The molecule has 26 heavy (non-hydrogen) atoms. The first-order valence-corrected chi connectivity index (χ1v) is 7.95. The Morgan fingerprint density at radius 3 is 2.65 bits per heavy atom. The third kappa shape index (κ3) is 4.54. The summed E-state index contributed by atoms with van der Waals surface area (Å²) in [5, 5.41) is 9.95. The van der Waals surface area contributed by atoms with Crippen molar-refractivity contribution >= 4 is 11.9 Å². The molecule has 3 aromatic rings. The molecule has 0 unspecified atom stereocenters. The van der Waals surface area contributed by atoms with Gasteiger partial charge in [0.25, 0.3) is 0 Å². The lowest BCUT2D eigenvalue weighted by atomic mass is 10.1. The molecular formula is C21H16FNO3. The second-order valence-electron chi connectivity index (χ2n) is 5.55. The molecule has 0 atom stereocenters. The molecule has 0 aliphatic heterocycles. The molecule has 0 radical (unpaired) electrons. The monoisotopic (exact) mass is 349 g/mol. The number of ether oxygens (including phenoxy) is 1. The summed E-state index contributed by atoms with van der Waals surface area (Å²) in [7, 11) is 0. The predicted octanol–water partition coefficient (Wildman–Crippen LogP) is 4.40. The predicted molar refractivity (Wildman–Crippen MR) is 96.4 cm³/mol. The first kappa shape index (κ1) is 17.4. The van der Waals surface area contributed by atoms with Gasteiger partial charge in [0.15, 0.2) is 5.78 Å². The van der Waals surface area contributed by atoms with Gasteiger partial charge in [-0.15, -0.1) is 0 Å². The molecule has 0 spiro atoms. The average Bonchev–Trinajstić information content (AvgIpc) is 2.67. The lowest BCUT2D eigenvalue weighted by Crippen LogP contribution is -1.99. The molecule has 3 rings (SSSR count). The molecule has 1 aromatic heterocycles. The Labute approximate surface area is 150 Å². The number of pyridine rings is 1. The normalized spacial score (nSPS) is 10.8. The molecule has 130 valence electrons. The van der Waals surface area contributed by atoms with Crippen LogP contribution in [0.1, 0.15) is 21.6 Å². The van der Waals surface area contributed by atoms with Crippen molar-refractivity contribution in [3.8, 4) is 11.5 Å². The quantitative estimate of drug-likeness (QED) is 0.529. The largest absolute Gasteiger partial charge is 0.507 e. The summed E-state index contributed by atoms with van der Waals surface area (Å²) in [6, 6.07) is 15.8. The van der Waals surface area contributed by atoms with Crippen molar-refractivity contribution in [3.63, 3.8) is 0 Å². The lowest BCUT2D eigenvalue weighted by molar-refractivity contribution is 0.104. The van der Waals surface area contributed by atoms with Gasteiger partial charge in [0.05, 0.1) is 11.3 Å². The smallest absolute Gasteiger partial charge is 0.189 e. The number of aromatic hydroxyl groups is 1. The van der Waals surface area contributed by atoms with Crippen LogP contribution in [0.3, 0.4) is 0 Å². The molecule has 0 aliphatic rings. The number of nitrogens with zero attached hydrogens (tertiary/aromatic N) is 1. The Morgan fingerprint density at radius 2 is 1.92 bits per heavy atom. The van der Waals surface area contributed by atoms with Crippen LogP contribution in [0.2, 0.25) is 0 Å². The van der Waals surface area contributed by atoms with Gasteiger partial charge in [-0.1, -0.05) is 18.2 Å². The van der Waals surface area contributed by atoms with E-state index >= 15 is 0 Å². The molecule has 0 saturated carbocycles. The fourth-order valence-corrected chi connectivity index (χ4v) is 2.27. The average molecular weight is 349 g/mol. The summed E-state index contributed by atoms with van der Waals surface area (Å²) in [6.45, 7) is 0.225. The highest BCUT2D eigenvalue weighted by atomic mass is 19.1. The Kier molecular flexibility index (Phi) is 5.39. The Balaban J connectivity index is 1.71. The number of carbonyl (C=O) groups excluding carboxylic acids is 1. The van der Waals surface area contributed by atoms with Crippen LogP contribution in [0.4, 0.5) is 4.39 Å². The first-order valence-electron chi connectivity index (χ1n) is 7.95. The topological polar surface area (TPSA) is 59.4 Å². The van der Waals surface area contributed by atoms with Crippen LogP contribution >= 0.6 is 0 Å². The van der Waals surface area contributed by atoms with E-state index in [0.717, 1.165) is 5.56 Å². The van der Waals surface area contributed by atoms with E-state index < -0.39 is 0 Å². The van der Waals surface area contributed by atoms with Crippen molar-refractivity contribution < 1.29 is 19.0 Å². The van der Waals surface area contributed by atoms with E-state index in [2.05, 4.69) is 4.98 Å². The van der Waals surface area contributed by atoms with Gasteiger partial charge in [-0.25, -0.2) is 4.39 Å².